The van der Waals surface area contributed by atoms with E-state index in [1.54, 1.807) is 17.0 Å². The Bertz CT molecular complexity index is 1140. The molecular formula is C28H34N2O5. The zero-order valence-electron chi connectivity index (χ0n) is 20.9. The summed E-state index contributed by atoms with van der Waals surface area (Å²) >= 11 is 0. The number of aliphatic hydroxyl groups is 1. The third-order valence-electron chi connectivity index (χ3n) is 6.42. The smallest absolute Gasteiger partial charge is 0.295 e. The maximum absolute atomic E-state index is 13.3. The topological polar surface area (TPSA) is 79.3 Å². The van der Waals surface area contributed by atoms with E-state index < -0.39 is 17.7 Å². The van der Waals surface area contributed by atoms with E-state index in [0.29, 0.717) is 24.5 Å². The first-order valence-corrected chi connectivity index (χ1v) is 12.3. The van der Waals surface area contributed by atoms with Gasteiger partial charge in [-0.1, -0.05) is 31.9 Å². The van der Waals surface area contributed by atoms with Gasteiger partial charge in [-0.25, -0.2) is 0 Å². The van der Waals surface area contributed by atoms with Crippen LogP contribution in [0.25, 0.3) is 5.76 Å². The summed E-state index contributed by atoms with van der Waals surface area (Å²) in [4.78, 5) is 30.1. The summed E-state index contributed by atoms with van der Waals surface area (Å²) in [6.07, 6.45) is 2.71. The highest BCUT2D eigenvalue weighted by atomic mass is 16.5. The minimum atomic E-state index is -0.687. The van der Waals surface area contributed by atoms with E-state index in [1.165, 1.54) is 0 Å². The molecule has 4 rings (SSSR count). The number of likely N-dealkylation sites (tertiary alicyclic amines) is 1. The predicted octanol–water partition coefficient (Wildman–Crippen LogP) is 4.91. The fourth-order valence-corrected chi connectivity index (χ4v) is 4.67. The molecule has 0 spiro atoms. The molecule has 7 nitrogen and oxygen atoms in total. The molecule has 2 aliphatic rings. The van der Waals surface area contributed by atoms with Crippen molar-refractivity contribution in [1.82, 2.24) is 4.90 Å². The number of amides is 1. The number of carbonyl (C=O) groups is 2. The number of rotatable bonds is 8. The number of hydrogen-bond acceptors (Lipinski definition) is 6. The van der Waals surface area contributed by atoms with Crippen LogP contribution in [0.15, 0.2) is 48.0 Å². The second kappa shape index (κ2) is 10.4. The van der Waals surface area contributed by atoms with Crippen LogP contribution in [0.2, 0.25) is 0 Å². The molecule has 2 aromatic carbocycles. The van der Waals surface area contributed by atoms with Gasteiger partial charge in [-0.05, 0) is 56.2 Å². The lowest BCUT2D eigenvalue weighted by Gasteiger charge is -2.28. The maximum Gasteiger partial charge on any atom is 0.295 e. The standard InChI is InChI=1S/C28H34N2O5/c1-5-6-7-13-30-25(19-9-8-10-21(16-19)35-18(2)3)24(27(32)28(30)33)26(31)20-11-12-23-22(17-20)29(4)14-15-34-23/h8-12,16-18,25,31H,5-7,13-15H2,1-4H3/b26-24-. The number of ketones is 1. The lowest BCUT2D eigenvalue weighted by Crippen LogP contribution is -2.30. The number of anilines is 1. The molecule has 0 aromatic heterocycles. The Kier molecular flexibility index (Phi) is 7.34. The Morgan fingerprint density at radius 2 is 1.97 bits per heavy atom. The second-order valence-corrected chi connectivity index (χ2v) is 9.39. The van der Waals surface area contributed by atoms with Crippen molar-refractivity contribution < 1.29 is 24.2 Å². The summed E-state index contributed by atoms with van der Waals surface area (Å²) < 4.78 is 11.6. The number of Topliss-reactive ketones (excluding diaryl/α,β-unsaturated/α-hetero) is 1. The number of carbonyl (C=O) groups excluding carboxylic acids is 2. The van der Waals surface area contributed by atoms with E-state index in [4.69, 9.17) is 9.47 Å². The number of fused-ring (bicyclic) bond motifs is 1. The molecule has 1 amide bonds. The molecule has 186 valence electrons. The average Bonchev–Trinajstić information content (AvgIpc) is 3.08. The normalized spacial score (nSPS) is 19.2. The van der Waals surface area contributed by atoms with Crippen LogP contribution in [0.1, 0.15) is 57.2 Å². The van der Waals surface area contributed by atoms with E-state index in [0.717, 1.165) is 42.8 Å². The van der Waals surface area contributed by atoms with Crippen molar-refractivity contribution in [3.63, 3.8) is 0 Å². The van der Waals surface area contributed by atoms with Gasteiger partial charge in [-0.15, -0.1) is 0 Å². The molecule has 0 radical (unpaired) electrons. The number of aliphatic hydroxyl groups excluding tert-OH is 1. The number of nitrogens with zero attached hydrogens (tertiary/aromatic N) is 2. The third kappa shape index (κ3) is 4.99. The number of hydrogen-bond donors (Lipinski definition) is 1. The summed E-state index contributed by atoms with van der Waals surface area (Å²) in [5, 5.41) is 11.4. The van der Waals surface area contributed by atoms with E-state index in [9.17, 15) is 14.7 Å². The van der Waals surface area contributed by atoms with Crippen LogP contribution in [0, 0.1) is 0 Å². The molecule has 1 atom stereocenters. The van der Waals surface area contributed by atoms with Crippen LogP contribution in [0.5, 0.6) is 11.5 Å². The van der Waals surface area contributed by atoms with E-state index in [1.807, 2.05) is 56.1 Å². The average molecular weight is 479 g/mol. The molecule has 35 heavy (non-hydrogen) atoms. The van der Waals surface area contributed by atoms with E-state index >= 15 is 0 Å². The fraction of sp³-hybridized carbons (Fsp3) is 0.429. The van der Waals surface area contributed by atoms with Crippen molar-refractivity contribution in [1.29, 1.82) is 0 Å². The Morgan fingerprint density at radius 1 is 1.17 bits per heavy atom. The van der Waals surface area contributed by atoms with Crippen molar-refractivity contribution in [2.24, 2.45) is 0 Å². The first-order chi connectivity index (χ1) is 16.8. The van der Waals surface area contributed by atoms with Gasteiger partial charge < -0.3 is 24.4 Å². The Balaban J connectivity index is 1.82. The van der Waals surface area contributed by atoms with Gasteiger partial charge in [-0.2, -0.15) is 0 Å². The largest absolute Gasteiger partial charge is 0.507 e. The fourth-order valence-electron chi connectivity index (χ4n) is 4.67. The molecule has 1 fully saturated rings. The van der Waals surface area contributed by atoms with Crippen molar-refractivity contribution in [3.05, 3.63) is 59.2 Å². The first-order valence-electron chi connectivity index (χ1n) is 12.3. The zero-order valence-corrected chi connectivity index (χ0v) is 20.9. The number of benzene rings is 2. The number of likely N-dealkylation sites (N-methyl/N-ethyl adjacent to an activating group) is 1. The Hall–Kier alpha value is -3.48. The van der Waals surface area contributed by atoms with Crippen LogP contribution >= 0.6 is 0 Å². The molecule has 2 aromatic rings. The molecule has 0 aliphatic carbocycles. The van der Waals surface area contributed by atoms with Crippen LogP contribution in [0.4, 0.5) is 5.69 Å². The summed E-state index contributed by atoms with van der Waals surface area (Å²) in [5.74, 6) is -0.0411. The van der Waals surface area contributed by atoms with Crippen molar-refractivity contribution in [2.45, 2.75) is 52.2 Å². The van der Waals surface area contributed by atoms with Crippen molar-refractivity contribution >= 4 is 23.1 Å². The molecule has 2 heterocycles. The summed E-state index contributed by atoms with van der Waals surface area (Å²) in [6, 6.07) is 12.1. The van der Waals surface area contributed by atoms with Crippen molar-refractivity contribution in [3.8, 4) is 11.5 Å². The summed E-state index contributed by atoms with van der Waals surface area (Å²) in [5.41, 5.74) is 2.15. The van der Waals surface area contributed by atoms with Gasteiger partial charge >= 0.3 is 0 Å². The number of unbranched alkanes of at least 4 members (excludes halogenated alkanes) is 2. The summed E-state index contributed by atoms with van der Waals surface area (Å²) in [7, 11) is 1.96. The van der Waals surface area contributed by atoms with E-state index in [-0.39, 0.29) is 17.4 Å². The summed E-state index contributed by atoms with van der Waals surface area (Å²) in [6.45, 7) is 7.74. The van der Waals surface area contributed by atoms with Crippen LogP contribution < -0.4 is 14.4 Å². The molecule has 1 unspecified atom stereocenters. The Morgan fingerprint density at radius 3 is 2.71 bits per heavy atom. The molecule has 0 saturated carbocycles. The predicted molar refractivity (Wildman–Crippen MR) is 136 cm³/mol. The number of ether oxygens (including phenoxy) is 2. The monoisotopic (exact) mass is 478 g/mol. The highest BCUT2D eigenvalue weighted by molar-refractivity contribution is 6.46. The molecule has 1 saturated heterocycles. The van der Waals surface area contributed by atoms with Crippen LogP contribution in [-0.4, -0.2) is 54.5 Å². The highest BCUT2D eigenvalue weighted by Crippen LogP contribution is 2.42. The third-order valence-corrected chi connectivity index (χ3v) is 6.42. The van der Waals surface area contributed by atoms with Gasteiger partial charge in [0, 0.05) is 19.2 Å². The minimum Gasteiger partial charge on any atom is -0.507 e. The first kappa shape index (κ1) is 24.6. The molecule has 1 N–H and O–H groups in total. The van der Waals surface area contributed by atoms with Gasteiger partial charge in [0.05, 0.1) is 30.0 Å². The maximum atomic E-state index is 13.3. The van der Waals surface area contributed by atoms with Crippen LogP contribution in [-0.2, 0) is 9.59 Å². The van der Waals surface area contributed by atoms with Gasteiger partial charge in [0.15, 0.2) is 0 Å². The SMILES string of the molecule is CCCCCN1C(=O)C(=O)/C(=C(\O)c2ccc3c(c2)N(C)CCO3)C1c1cccc(OC(C)C)c1. The molecular weight excluding hydrogens is 444 g/mol. The van der Waals surface area contributed by atoms with Gasteiger partial charge in [0.25, 0.3) is 11.7 Å². The lowest BCUT2D eigenvalue weighted by molar-refractivity contribution is -0.139. The van der Waals surface area contributed by atoms with Gasteiger partial charge in [0.2, 0.25) is 0 Å². The quantitative estimate of drug-likeness (QED) is 0.251. The molecule has 2 aliphatic heterocycles. The highest BCUT2D eigenvalue weighted by Gasteiger charge is 2.46. The van der Waals surface area contributed by atoms with Gasteiger partial charge in [0.1, 0.15) is 23.9 Å². The Labute approximate surface area is 206 Å². The van der Waals surface area contributed by atoms with Crippen molar-refractivity contribution in [2.75, 3.05) is 31.6 Å². The minimum absolute atomic E-state index is 0.0177. The lowest BCUT2D eigenvalue weighted by atomic mass is 9.94. The molecule has 7 heteroatoms. The van der Waals surface area contributed by atoms with Gasteiger partial charge in [-0.3, -0.25) is 9.59 Å². The molecule has 0 bridgehead atoms. The second-order valence-electron chi connectivity index (χ2n) is 9.39. The van der Waals surface area contributed by atoms with Crippen LogP contribution in [0.3, 0.4) is 0 Å². The zero-order chi connectivity index (χ0) is 25.1. The van der Waals surface area contributed by atoms with E-state index in [2.05, 4.69) is 6.92 Å².